The molecular formula is C25H39N. The standard InChI is InChI=1S/C25H39N/c1-8-10-11-15-25(5,6)22-14-16-26(7)24(18-22)23-13-12-21(19(3)4)17-20(23)9-2/h12-14,17-19H,8-11,15-16H2,1-7H3. The lowest BCUT2D eigenvalue weighted by molar-refractivity contribution is 0.387. The number of allylic oxidation sites excluding steroid dienone is 2. The van der Waals surface area contributed by atoms with Gasteiger partial charge < -0.3 is 4.90 Å². The third-order valence-electron chi connectivity index (χ3n) is 5.93. The molecule has 0 atom stereocenters. The highest BCUT2D eigenvalue weighted by Gasteiger charge is 2.25. The first kappa shape index (κ1) is 20.8. The van der Waals surface area contributed by atoms with Crippen LogP contribution in [0.2, 0.25) is 0 Å². The van der Waals surface area contributed by atoms with Crippen molar-refractivity contribution in [1.82, 2.24) is 4.90 Å². The molecule has 26 heavy (non-hydrogen) atoms. The summed E-state index contributed by atoms with van der Waals surface area (Å²) in [6.07, 6.45) is 11.2. The lowest BCUT2D eigenvalue weighted by Gasteiger charge is -2.34. The number of benzene rings is 1. The van der Waals surface area contributed by atoms with E-state index in [4.69, 9.17) is 0 Å². The van der Waals surface area contributed by atoms with Crippen molar-refractivity contribution >= 4 is 5.70 Å². The van der Waals surface area contributed by atoms with Gasteiger partial charge in [0.15, 0.2) is 0 Å². The molecule has 1 aromatic carbocycles. The molecule has 0 spiro atoms. The summed E-state index contributed by atoms with van der Waals surface area (Å²) in [5.74, 6) is 0.584. The Morgan fingerprint density at radius 3 is 2.46 bits per heavy atom. The maximum absolute atomic E-state index is 2.46. The van der Waals surface area contributed by atoms with Gasteiger partial charge in [-0.15, -0.1) is 0 Å². The van der Waals surface area contributed by atoms with Crippen LogP contribution in [0.15, 0.2) is 35.9 Å². The van der Waals surface area contributed by atoms with E-state index in [2.05, 4.69) is 83.8 Å². The van der Waals surface area contributed by atoms with Crippen LogP contribution in [0.5, 0.6) is 0 Å². The summed E-state index contributed by atoms with van der Waals surface area (Å²) in [5.41, 5.74) is 7.48. The second-order valence-corrected chi connectivity index (χ2v) is 8.84. The molecule has 0 bridgehead atoms. The molecule has 1 aliphatic rings. The number of aryl methyl sites for hydroxylation is 1. The molecule has 0 saturated heterocycles. The molecule has 0 saturated carbocycles. The number of hydrogen-bond acceptors (Lipinski definition) is 1. The summed E-state index contributed by atoms with van der Waals surface area (Å²) >= 11 is 0. The molecule has 144 valence electrons. The van der Waals surface area contributed by atoms with Crippen LogP contribution in [-0.4, -0.2) is 18.5 Å². The monoisotopic (exact) mass is 353 g/mol. The summed E-state index contributed by atoms with van der Waals surface area (Å²) in [6, 6.07) is 7.08. The number of nitrogens with zero attached hydrogens (tertiary/aromatic N) is 1. The Morgan fingerprint density at radius 1 is 1.12 bits per heavy atom. The second-order valence-electron chi connectivity index (χ2n) is 8.84. The molecule has 0 unspecified atom stereocenters. The Labute approximate surface area is 162 Å². The fourth-order valence-corrected chi connectivity index (χ4v) is 3.88. The lowest BCUT2D eigenvalue weighted by Crippen LogP contribution is -2.25. The van der Waals surface area contributed by atoms with Gasteiger partial charge in [-0.05, 0) is 47.0 Å². The van der Waals surface area contributed by atoms with Gasteiger partial charge in [-0.25, -0.2) is 0 Å². The molecule has 1 aliphatic heterocycles. The van der Waals surface area contributed by atoms with Crippen LogP contribution in [0.25, 0.3) is 5.70 Å². The van der Waals surface area contributed by atoms with Crippen molar-refractivity contribution in [2.75, 3.05) is 13.6 Å². The number of unbranched alkanes of at least 4 members (excludes halogenated alkanes) is 2. The smallest absolute Gasteiger partial charge is 0.0445 e. The van der Waals surface area contributed by atoms with Crippen LogP contribution in [0.1, 0.15) is 89.8 Å². The Hall–Kier alpha value is -1.50. The first-order valence-corrected chi connectivity index (χ1v) is 10.6. The quantitative estimate of drug-likeness (QED) is 0.447. The van der Waals surface area contributed by atoms with Crippen molar-refractivity contribution in [2.45, 2.75) is 79.6 Å². The van der Waals surface area contributed by atoms with E-state index < -0.39 is 0 Å². The average Bonchev–Trinajstić information content (AvgIpc) is 2.61. The highest BCUT2D eigenvalue weighted by molar-refractivity contribution is 5.71. The zero-order valence-corrected chi connectivity index (χ0v) is 18.2. The largest absolute Gasteiger partial charge is 0.370 e. The van der Waals surface area contributed by atoms with Crippen LogP contribution in [-0.2, 0) is 6.42 Å². The summed E-state index contributed by atoms with van der Waals surface area (Å²) in [6.45, 7) is 14.9. The van der Waals surface area contributed by atoms with Crippen LogP contribution in [0.3, 0.4) is 0 Å². The van der Waals surface area contributed by atoms with Gasteiger partial charge >= 0.3 is 0 Å². The van der Waals surface area contributed by atoms with Gasteiger partial charge in [0.25, 0.3) is 0 Å². The first-order chi connectivity index (χ1) is 12.3. The van der Waals surface area contributed by atoms with Crippen LogP contribution >= 0.6 is 0 Å². The van der Waals surface area contributed by atoms with E-state index in [1.807, 2.05) is 0 Å². The van der Waals surface area contributed by atoms with Gasteiger partial charge in [0, 0.05) is 24.9 Å². The van der Waals surface area contributed by atoms with Gasteiger partial charge in [-0.3, -0.25) is 0 Å². The molecule has 1 heterocycles. The molecule has 0 fully saturated rings. The van der Waals surface area contributed by atoms with Crippen LogP contribution in [0, 0.1) is 5.41 Å². The minimum absolute atomic E-state index is 0.256. The van der Waals surface area contributed by atoms with Crippen molar-refractivity contribution in [2.24, 2.45) is 5.41 Å². The number of rotatable bonds is 8. The average molecular weight is 354 g/mol. The molecule has 0 aliphatic carbocycles. The van der Waals surface area contributed by atoms with Crippen molar-refractivity contribution in [3.63, 3.8) is 0 Å². The lowest BCUT2D eigenvalue weighted by atomic mass is 9.77. The molecule has 1 heteroatoms. The van der Waals surface area contributed by atoms with Crippen molar-refractivity contribution in [3.05, 3.63) is 52.6 Å². The zero-order chi connectivity index (χ0) is 19.3. The SMILES string of the molecule is CCCCCC(C)(C)C1=CCN(C)C(c2ccc(C(C)C)cc2CC)=C1. The molecule has 2 rings (SSSR count). The van der Waals surface area contributed by atoms with Crippen molar-refractivity contribution in [1.29, 1.82) is 0 Å². The molecule has 0 radical (unpaired) electrons. The first-order valence-electron chi connectivity index (χ1n) is 10.6. The van der Waals surface area contributed by atoms with E-state index in [9.17, 15) is 0 Å². The highest BCUT2D eigenvalue weighted by atomic mass is 15.1. The van der Waals surface area contributed by atoms with E-state index in [0.29, 0.717) is 5.92 Å². The van der Waals surface area contributed by atoms with Gasteiger partial charge in [-0.1, -0.05) is 85.1 Å². The third kappa shape index (κ3) is 4.81. The summed E-state index contributed by atoms with van der Waals surface area (Å²) < 4.78 is 0. The summed E-state index contributed by atoms with van der Waals surface area (Å²) in [4.78, 5) is 2.40. The van der Waals surface area contributed by atoms with Crippen LogP contribution < -0.4 is 0 Å². The molecule has 0 aromatic heterocycles. The molecule has 0 N–H and O–H groups in total. The van der Waals surface area contributed by atoms with E-state index in [-0.39, 0.29) is 5.41 Å². The normalized spacial score (nSPS) is 15.3. The fourth-order valence-electron chi connectivity index (χ4n) is 3.88. The number of hydrogen-bond donors (Lipinski definition) is 0. The predicted octanol–water partition coefficient (Wildman–Crippen LogP) is 7.19. The van der Waals surface area contributed by atoms with E-state index in [1.165, 1.54) is 53.6 Å². The van der Waals surface area contributed by atoms with E-state index >= 15 is 0 Å². The Morgan fingerprint density at radius 2 is 1.85 bits per heavy atom. The maximum Gasteiger partial charge on any atom is 0.0445 e. The topological polar surface area (TPSA) is 3.24 Å². The maximum atomic E-state index is 2.46. The predicted molar refractivity (Wildman–Crippen MR) is 117 cm³/mol. The van der Waals surface area contributed by atoms with Gasteiger partial charge in [0.1, 0.15) is 0 Å². The van der Waals surface area contributed by atoms with E-state index in [0.717, 1.165) is 13.0 Å². The zero-order valence-electron chi connectivity index (χ0n) is 18.2. The van der Waals surface area contributed by atoms with Crippen molar-refractivity contribution < 1.29 is 0 Å². The van der Waals surface area contributed by atoms with E-state index in [1.54, 1.807) is 0 Å². The molecule has 1 aromatic rings. The molecule has 0 amide bonds. The highest BCUT2D eigenvalue weighted by Crippen LogP contribution is 2.38. The minimum Gasteiger partial charge on any atom is -0.370 e. The fraction of sp³-hybridized carbons (Fsp3) is 0.600. The van der Waals surface area contributed by atoms with Crippen molar-refractivity contribution in [3.8, 4) is 0 Å². The van der Waals surface area contributed by atoms with Gasteiger partial charge in [0.2, 0.25) is 0 Å². The Bertz CT molecular complexity index is 661. The molecular weight excluding hydrogens is 314 g/mol. The third-order valence-corrected chi connectivity index (χ3v) is 5.93. The molecule has 1 nitrogen and oxygen atoms in total. The van der Waals surface area contributed by atoms with Gasteiger partial charge in [0.05, 0.1) is 0 Å². The Kier molecular flexibility index (Phi) is 7.15. The number of likely N-dealkylation sites (N-methyl/N-ethyl adjacent to an activating group) is 1. The van der Waals surface area contributed by atoms with Gasteiger partial charge in [-0.2, -0.15) is 0 Å². The minimum atomic E-state index is 0.256. The summed E-state index contributed by atoms with van der Waals surface area (Å²) in [5, 5.41) is 0. The Balaban J connectivity index is 2.35. The van der Waals surface area contributed by atoms with Crippen LogP contribution in [0.4, 0.5) is 0 Å². The summed E-state index contributed by atoms with van der Waals surface area (Å²) in [7, 11) is 2.22. The second kappa shape index (κ2) is 8.93.